The number of esters is 1. The molecule has 1 aromatic rings. The van der Waals surface area contributed by atoms with Crippen LogP contribution in [0.4, 0.5) is 4.39 Å². The summed E-state index contributed by atoms with van der Waals surface area (Å²) < 4.78 is 18.5. The minimum absolute atomic E-state index is 0.00800. The quantitative estimate of drug-likeness (QED) is 0.839. The van der Waals surface area contributed by atoms with E-state index in [1.165, 1.54) is 6.07 Å². The molecule has 0 aliphatic heterocycles. The average molecular weight is 251 g/mol. The summed E-state index contributed by atoms with van der Waals surface area (Å²) >= 11 is 0. The lowest BCUT2D eigenvalue weighted by Crippen LogP contribution is -2.30. The topological polar surface area (TPSA) is 52.3 Å². The van der Waals surface area contributed by atoms with Crippen molar-refractivity contribution in [2.24, 2.45) is 11.7 Å². The van der Waals surface area contributed by atoms with Crippen LogP contribution in [-0.4, -0.2) is 12.0 Å². The molecule has 0 spiro atoms. The Morgan fingerprint density at radius 2 is 1.94 bits per heavy atom. The normalized spacial score (nSPS) is 23.7. The smallest absolute Gasteiger partial charge is 0.309 e. The molecule has 0 atom stereocenters. The van der Waals surface area contributed by atoms with Crippen LogP contribution in [0.1, 0.15) is 31.2 Å². The van der Waals surface area contributed by atoms with Crippen molar-refractivity contribution in [3.63, 3.8) is 0 Å². The predicted octanol–water partition coefficient (Wildman–Crippen LogP) is 2.39. The van der Waals surface area contributed by atoms with E-state index in [-0.39, 0.29) is 30.4 Å². The van der Waals surface area contributed by atoms with Crippen LogP contribution in [0.15, 0.2) is 24.3 Å². The minimum atomic E-state index is -0.337. The summed E-state index contributed by atoms with van der Waals surface area (Å²) in [6.07, 6.45) is 3.27. The Balaban J connectivity index is 1.83. The molecule has 4 heteroatoms. The summed E-state index contributed by atoms with van der Waals surface area (Å²) in [5, 5.41) is 0. The van der Waals surface area contributed by atoms with Crippen molar-refractivity contribution >= 4 is 5.97 Å². The third-order valence-electron chi connectivity index (χ3n) is 3.43. The zero-order valence-electron chi connectivity index (χ0n) is 10.3. The standard InChI is InChI=1S/C14H18FNO2/c15-13-4-2-1-3-11(13)9-18-14(17)10-5-7-12(16)8-6-10/h1-4,10,12H,5-9,16H2. The van der Waals surface area contributed by atoms with Gasteiger partial charge in [0, 0.05) is 11.6 Å². The van der Waals surface area contributed by atoms with Crippen LogP contribution in [0.2, 0.25) is 0 Å². The number of benzene rings is 1. The van der Waals surface area contributed by atoms with E-state index in [1.54, 1.807) is 18.2 Å². The number of ether oxygens (including phenoxy) is 1. The van der Waals surface area contributed by atoms with E-state index in [4.69, 9.17) is 10.5 Å². The Morgan fingerprint density at radius 3 is 2.61 bits per heavy atom. The van der Waals surface area contributed by atoms with Crippen molar-refractivity contribution in [3.05, 3.63) is 35.6 Å². The van der Waals surface area contributed by atoms with E-state index in [0.717, 1.165) is 25.7 Å². The molecule has 2 rings (SSSR count). The average Bonchev–Trinajstić information content (AvgIpc) is 2.38. The van der Waals surface area contributed by atoms with E-state index >= 15 is 0 Å². The lowest BCUT2D eigenvalue weighted by atomic mass is 9.86. The number of halogens is 1. The van der Waals surface area contributed by atoms with Crippen molar-refractivity contribution in [2.45, 2.75) is 38.3 Å². The Labute approximate surface area is 106 Å². The van der Waals surface area contributed by atoms with Gasteiger partial charge in [-0.2, -0.15) is 0 Å². The highest BCUT2D eigenvalue weighted by molar-refractivity contribution is 5.72. The summed E-state index contributed by atoms with van der Waals surface area (Å²) in [6, 6.07) is 6.54. The van der Waals surface area contributed by atoms with Crippen molar-refractivity contribution in [1.82, 2.24) is 0 Å². The Bertz CT molecular complexity index is 414. The molecule has 98 valence electrons. The first-order chi connectivity index (χ1) is 8.66. The maximum Gasteiger partial charge on any atom is 0.309 e. The van der Waals surface area contributed by atoms with Crippen LogP contribution in [-0.2, 0) is 16.1 Å². The highest BCUT2D eigenvalue weighted by atomic mass is 19.1. The second kappa shape index (κ2) is 5.96. The molecule has 1 saturated carbocycles. The first kappa shape index (κ1) is 13.0. The first-order valence-corrected chi connectivity index (χ1v) is 6.32. The Kier molecular flexibility index (Phi) is 4.31. The molecular formula is C14H18FNO2. The summed E-state index contributed by atoms with van der Waals surface area (Å²) in [5.41, 5.74) is 6.20. The van der Waals surface area contributed by atoms with E-state index in [2.05, 4.69) is 0 Å². The van der Waals surface area contributed by atoms with Gasteiger partial charge in [0.05, 0.1) is 5.92 Å². The second-order valence-corrected chi connectivity index (χ2v) is 4.81. The van der Waals surface area contributed by atoms with Gasteiger partial charge in [0.15, 0.2) is 0 Å². The number of nitrogens with two attached hydrogens (primary N) is 1. The van der Waals surface area contributed by atoms with E-state index in [9.17, 15) is 9.18 Å². The molecule has 0 heterocycles. The van der Waals surface area contributed by atoms with Crippen molar-refractivity contribution in [3.8, 4) is 0 Å². The van der Waals surface area contributed by atoms with Crippen molar-refractivity contribution < 1.29 is 13.9 Å². The van der Waals surface area contributed by atoms with Gasteiger partial charge in [0.1, 0.15) is 12.4 Å². The molecule has 3 nitrogen and oxygen atoms in total. The van der Waals surface area contributed by atoms with Crippen LogP contribution in [0.5, 0.6) is 0 Å². The van der Waals surface area contributed by atoms with Crippen LogP contribution in [0, 0.1) is 11.7 Å². The summed E-state index contributed by atoms with van der Waals surface area (Å²) in [6.45, 7) is 0.00800. The lowest BCUT2D eigenvalue weighted by Gasteiger charge is -2.24. The lowest BCUT2D eigenvalue weighted by molar-refractivity contribution is -0.151. The van der Waals surface area contributed by atoms with Gasteiger partial charge in [-0.1, -0.05) is 18.2 Å². The molecule has 1 aliphatic rings. The zero-order valence-corrected chi connectivity index (χ0v) is 10.3. The molecule has 1 aliphatic carbocycles. The van der Waals surface area contributed by atoms with Gasteiger partial charge in [-0.3, -0.25) is 4.79 Å². The highest BCUT2D eigenvalue weighted by Gasteiger charge is 2.25. The third kappa shape index (κ3) is 3.29. The summed E-state index contributed by atoms with van der Waals surface area (Å²) in [5.74, 6) is -0.641. The molecule has 0 unspecified atom stereocenters. The Hall–Kier alpha value is -1.42. The van der Waals surface area contributed by atoms with Gasteiger partial charge in [0.2, 0.25) is 0 Å². The summed E-state index contributed by atoms with van der Waals surface area (Å²) in [7, 11) is 0. The van der Waals surface area contributed by atoms with Gasteiger partial charge < -0.3 is 10.5 Å². The van der Waals surface area contributed by atoms with E-state index < -0.39 is 0 Å². The largest absolute Gasteiger partial charge is 0.460 e. The van der Waals surface area contributed by atoms with Gasteiger partial charge >= 0.3 is 5.97 Å². The predicted molar refractivity (Wildman–Crippen MR) is 66.1 cm³/mol. The van der Waals surface area contributed by atoms with Gasteiger partial charge in [-0.25, -0.2) is 4.39 Å². The van der Waals surface area contributed by atoms with Crippen LogP contribution in [0.25, 0.3) is 0 Å². The zero-order chi connectivity index (χ0) is 13.0. The molecule has 0 aromatic heterocycles. The fourth-order valence-electron chi connectivity index (χ4n) is 2.24. The van der Waals surface area contributed by atoms with Crippen molar-refractivity contribution in [1.29, 1.82) is 0 Å². The fraction of sp³-hybridized carbons (Fsp3) is 0.500. The van der Waals surface area contributed by atoms with Crippen molar-refractivity contribution in [2.75, 3.05) is 0 Å². The fourth-order valence-corrected chi connectivity index (χ4v) is 2.24. The molecular weight excluding hydrogens is 233 g/mol. The molecule has 1 aromatic carbocycles. The molecule has 0 amide bonds. The van der Waals surface area contributed by atoms with E-state index in [0.29, 0.717) is 5.56 Å². The number of hydrogen-bond acceptors (Lipinski definition) is 3. The molecule has 2 N–H and O–H groups in total. The molecule has 0 saturated heterocycles. The summed E-state index contributed by atoms with van der Waals surface area (Å²) in [4.78, 5) is 11.8. The molecule has 0 bridgehead atoms. The monoisotopic (exact) mass is 251 g/mol. The van der Waals surface area contributed by atoms with E-state index in [1.807, 2.05) is 0 Å². The molecule has 1 fully saturated rings. The minimum Gasteiger partial charge on any atom is -0.460 e. The van der Waals surface area contributed by atoms with Gasteiger partial charge in [0.25, 0.3) is 0 Å². The highest BCUT2D eigenvalue weighted by Crippen LogP contribution is 2.24. The van der Waals surface area contributed by atoms with Crippen LogP contribution in [0.3, 0.4) is 0 Å². The SMILES string of the molecule is NC1CCC(C(=O)OCc2ccccc2F)CC1. The van der Waals surface area contributed by atoms with Crippen LogP contribution < -0.4 is 5.73 Å². The Morgan fingerprint density at radius 1 is 1.28 bits per heavy atom. The number of carbonyl (C=O) groups excluding carboxylic acids is 1. The second-order valence-electron chi connectivity index (χ2n) is 4.81. The van der Waals surface area contributed by atoms with Crippen LogP contribution >= 0.6 is 0 Å². The van der Waals surface area contributed by atoms with Gasteiger partial charge in [-0.05, 0) is 31.7 Å². The number of hydrogen-bond donors (Lipinski definition) is 1. The molecule has 0 radical (unpaired) electrons. The first-order valence-electron chi connectivity index (χ1n) is 6.32. The number of rotatable bonds is 3. The molecule has 18 heavy (non-hydrogen) atoms. The van der Waals surface area contributed by atoms with Gasteiger partial charge in [-0.15, -0.1) is 0 Å². The maximum absolute atomic E-state index is 13.3. The number of carbonyl (C=O) groups is 1. The maximum atomic E-state index is 13.3. The third-order valence-corrected chi connectivity index (χ3v) is 3.43.